The number of nitrogens with one attached hydrogen (secondary N) is 3. The number of hydrogen-bond acceptors (Lipinski definition) is 7. The second-order valence-corrected chi connectivity index (χ2v) is 6.70. The van der Waals surface area contributed by atoms with Crippen LogP contribution in [0.2, 0.25) is 0 Å². The maximum Gasteiger partial charge on any atom is 0.263 e. The molecule has 3 rings (SSSR count). The number of amides is 1. The van der Waals surface area contributed by atoms with E-state index in [2.05, 4.69) is 47.2 Å². The summed E-state index contributed by atoms with van der Waals surface area (Å²) < 4.78 is 12.0. The zero-order chi connectivity index (χ0) is 19.9. The van der Waals surface area contributed by atoms with Gasteiger partial charge in [0.1, 0.15) is 0 Å². The number of rotatable bonds is 8. The van der Waals surface area contributed by atoms with Crippen LogP contribution in [-0.2, 0) is 11.3 Å². The average Bonchev–Trinajstić information content (AvgIpc) is 3.21. The van der Waals surface area contributed by atoms with Gasteiger partial charge in [0.15, 0.2) is 18.1 Å². The van der Waals surface area contributed by atoms with E-state index in [0.29, 0.717) is 29.7 Å². The summed E-state index contributed by atoms with van der Waals surface area (Å²) in [6.45, 7) is 2.15. The van der Waals surface area contributed by atoms with Crippen LogP contribution in [0.4, 0.5) is 11.6 Å². The van der Waals surface area contributed by atoms with Crippen LogP contribution in [0, 0.1) is 6.92 Å². The lowest BCUT2D eigenvalue weighted by molar-refractivity contribution is -0.118. The molecule has 146 valence electrons. The van der Waals surface area contributed by atoms with Crippen molar-refractivity contribution in [2.45, 2.75) is 13.5 Å². The van der Waals surface area contributed by atoms with Gasteiger partial charge in [-0.2, -0.15) is 5.21 Å². The van der Waals surface area contributed by atoms with Gasteiger partial charge in [0.05, 0.1) is 7.11 Å². The van der Waals surface area contributed by atoms with Crippen LogP contribution in [0.3, 0.4) is 0 Å². The van der Waals surface area contributed by atoms with Crippen LogP contribution in [-0.4, -0.2) is 40.2 Å². The zero-order valence-electron chi connectivity index (χ0n) is 15.3. The van der Waals surface area contributed by atoms with Crippen LogP contribution in [0.1, 0.15) is 11.1 Å². The fraction of sp³-hybridized carbons (Fsp3) is 0.222. The Balaban J connectivity index is 1.71. The number of methoxy groups -OCH3 is 1. The Morgan fingerprint density at radius 3 is 2.68 bits per heavy atom. The lowest BCUT2D eigenvalue weighted by Gasteiger charge is -2.16. The van der Waals surface area contributed by atoms with E-state index in [9.17, 15) is 4.79 Å². The Hall–Kier alpha value is -3.14. The molecule has 0 aliphatic heterocycles. The highest BCUT2D eigenvalue weighted by Crippen LogP contribution is 2.36. The minimum atomic E-state index is -0.275. The highest BCUT2D eigenvalue weighted by molar-refractivity contribution is 9.10. The monoisotopic (exact) mass is 446 g/mol. The number of carbonyl (C=O) groups is 1. The number of hydrogen-bond donors (Lipinski definition) is 3. The molecule has 0 aliphatic rings. The first-order chi connectivity index (χ1) is 13.6. The predicted molar refractivity (Wildman–Crippen MR) is 108 cm³/mol. The van der Waals surface area contributed by atoms with Crippen LogP contribution in [0.15, 0.2) is 40.9 Å². The summed E-state index contributed by atoms with van der Waals surface area (Å²) in [7, 11) is 1.54. The summed E-state index contributed by atoms with van der Waals surface area (Å²) in [6, 6.07) is 11.1. The molecule has 0 unspecified atom stereocenters. The van der Waals surface area contributed by atoms with Crippen molar-refractivity contribution in [3.63, 3.8) is 0 Å². The first-order valence-corrected chi connectivity index (χ1v) is 9.18. The van der Waals surface area contributed by atoms with Gasteiger partial charge >= 0.3 is 0 Å². The number of ether oxygens (including phenoxy) is 2. The van der Waals surface area contributed by atoms with Crippen LogP contribution in [0.25, 0.3) is 0 Å². The number of aryl methyl sites for hydroxylation is 1. The zero-order valence-corrected chi connectivity index (χ0v) is 16.9. The smallest absolute Gasteiger partial charge is 0.263 e. The summed E-state index contributed by atoms with van der Waals surface area (Å²) >= 11 is 3.50. The van der Waals surface area contributed by atoms with Gasteiger partial charge in [-0.05, 0) is 36.4 Å². The van der Waals surface area contributed by atoms with Crippen molar-refractivity contribution >= 4 is 33.5 Å². The molecule has 9 nitrogen and oxygen atoms in total. The molecular weight excluding hydrogens is 428 g/mol. The van der Waals surface area contributed by atoms with E-state index in [-0.39, 0.29) is 12.5 Å². The third-order valence-corrected chi connectivity index (χ3v) is 4.58. The number of nitrogens with zero attached hydrogens (tertiary/aromatic N) is 3. The molecular formula is C18H19BrN6O3. The van der Waals surface area contributed by atoms with E-state index in [1.807, 2.05) is 37.3 Å². The van der Waals surface area contributed by atoms with E-state index in [0.717, 1.165) is 15.6 Å². The standard InChI is InChI=1S/C18H19BrN6O3/c1-11-3-5-12(6-4-11)21-16(26)10-28-17-13(9-20-18-22-24-25-23-18)14(19)7-8-15(17)27-2/h3-8H,9-10H2,1-2H3,(H,21,26)(H2,20,22,23,24,25). The molecule has 0 atom stereocenters. The van der Waals surface area contributed by atoms with Crippen LogP contribution >= 0.6 is 15.9 Å². The molecule has 1 aromatic heterocycles. The summed E-state index contributed by atoms with van der Waals surface area (Å²) in [5.74, 6) is 1.03. The Labute approximate surface area is 169 Å². The predicted octanol–water partition coefficient (Wildman–Crippen LogP) is 2.91. The molecule has 0 aliphatic carbocycles. The first-order valence-electron chi connectivity index (χ1n) is 8.39. The molecule has 0 spiro atoms. The van der Waals surface area contributed by atoms with E-state index in [1.54, 1.807) is 13.2 Å². The minimum Gasteiger partial charge on any atom is -0.493 e. The number of carbonyl (C=O) groups excluding carboxylic acids is 1. The van der Waals surface area contributed by atoms with Crippen molar-refractivity contribution in [3.8, 4) is 11.5 Å². The Morgan fingerprint density at radius 1 is 1.21 bits per heavy atom. The molecule has 2 aromatic carbocycles. The minimum absolute atomic E-state index is 0.171. The fourth-order valence-corrected chi connectivity index (χ4v) is 2.89. The highest BCUT2D eigenvalue weighted by atomic mass is 79.9. The van der Waals surface area contributed by atoms with Crippen LogP contribution in [0.5, 0.6) is 11.5 Å². The van der Waals surface area contributed by atoms with Crippen molar-refractivity contribution in [1.82, 2.24) is 20.6 Å². The summed E-state index contributed by atoms with van der Waals surface area (Å²) in [4.78, 5) is 12.3. The topological polar surface area (TPSA) is 114 Å². The van der Waals surface area contributed by atoms with Gasteiger partial charge in [-0.15, -0.1) is 5.10 Å². The quantitative estimate of drug-likeness (QED) is 0.487. The molecule has 28 heavy (non-hydrogen) atoms. The van der Waals surface area contributed by atoms with E-state index >= 15 is 0 Å². The van der Waals surface area contributed by atoms with Gasteiger partial charge in [0.25, 0.3) is 11.9 Å². The molecule has 1 amide bonds. The number of aromatic amines is 1. The second kappa shape index (κ2) is 9.18. The SMILES string of the molecule is COc1ccc(Br)c(CNc2nn[nH]n2)c1OCC(=O)Nc1ccc(C)cc1. The molecule has 0 saturated heterocycles. The maximum absolute atomic E-state index is 12.3. The lowest BCUT2D eigenvalue weighted by atomic mass is 10.2. The normalized spacial score (nSPS) is 10.4. The Kier molecular flexibility index (Phi) is 6.43. The van der Waals surface area contributed by atoms with Gasteiger partial charge in [-0.25, -0.2) is 0 Å². The molecule has 10 heteroatoms. The highest BCUT2D eigenvalue weighted by Gasteiger charge is 2.17. The van der Waals surface area contributed by atoms with E-state index in [1.165, 1.54) is 0 Å². The number of H-pyrrole nitrogens is 1. The van der Waals surface area contributed by atoms with Gasteiger partial charge in [0.2, 0.25) is 0 Å². The van der Waals surface area contributed by atoms with E-state index in [4.69, 9.17) is 9.47 Å². The van der Waals surface area contributed by atoms with Gasteiger partial charge in [-0.3, -0.25) is 4.79 Å². The summed E-state index contributed by atoms with van der Waals surface area (Å²) in [5, 5.41) is 19.4. The number of tetrazole rings is 1. The van der Waals surface area contributed by atoms with Gasteiger partial charge in [-0.1, -0.05) is 38.7 Å². The molecule has 3 aromatic rings. The largest absolute Gasteiger partial charge is 0.493 e. The summed E-state index contributed by atoms with van der Waals surface area (Å²) in [5.41, 5.74) is 2.58. The third kappa shape index (κ3) is 4.97. The number of aromatic nitrogens is 4. The first kappa shape index (κ1) is 19.6. The van der Waals surface area contributed by atoms with E-state index < -0.39 is 0 Å². The third-order valence-electron chi connectivity index (χ3n) is 3.84. The maximum atomic E-state index is 12.3. The van der Waals surface area contributed by atoms with Crippen molar-refractivity contribution in [2.24, 2.45) is 0 Å². The Morgan fingerprint density at radius 2 is 2.00 bits per heavy atom. The fourth-order valence-electron chi connectivity index (χ4n) is 2.44. The summed E-state index contributed by atoms with van der Waals surface area (Å²) in [6.07, 6.45) is 0. The molecule has 0 bridgehead atoms. The van der Waals surface area contributed by atoms with Gasteiger partial charge in [0, 0.05) is 22.3 Å². The molecule has 3 N–H and O–H groups in total. The average molecular weight is 447 g/mol. The number of halogens is 1. The van der Waals surface area contributed by atoms with Crippen molar-refractivity contribution in [1.29, 1.82) is 0 Å². The second-order valence-electron chi connectivity index (χ2n) is 5.85. The van der Waals surface area contributed by atoms with Crippen molar-refractivity contribution in [2.75, 3.05) is 24.4 Å². The lowest BCUT2D eigenvalue weighted by Crippen LogP contribution is -2.21. The van der Waals surface area contributed by atoms with Crippen molar-refractivity contribution in [3.05, 3.63) is 52.0 Å². The molecule has 0 fully saturated rings. The molecule has 0 radical (unpaired) electrons. The van der Waals surface area contributed by atoms with Gasteiger partial charge < -0.3 is 20.1 Å². The molecule has 0 saturated carbocycles. The Bertz CT molecular complexity index is 931. The van der Waals surface area contributed by atoms with Crippen molar-refractivity contribution < 1.29 is 14.3 Å². The number of benzene rings is 2. The molecule has 1 heterocycles. The number of anilines is 2. The van der Waals surface area contributed by atoms with Crippen LogP contribution < -0.4 is 20.1 Å².